The Labute approximate surface area is 99.3 Å². The lowest BCUT2D eigenvalue weighted by Crippen LogP contribution is -2.28. The molecule has 0 spiro atoms. The van der Waals surface area contributed by atoms with Crippen LogP contribution in [0.3, 0.4) is 0 Å². The van der Waals surface area contributed by atoms with Gasteiger partial charge in [0.05, 0.1) is 0 Å². The van der Waals surface area contributed by atoms with Crippen molar-refractivity contribution in [3.05, 3.63) is 42.3 Å². The van der Waals surface area contributed by atoms with Crippen molar-refractivity contribution in [3.8, 4) is 0 Å². The van der Waals surface area contributed by atoms with Crippen molar-refractivity contribution < 1.29 is 0 Å². The molecule has 1 N–H and O–H groups in total. The summed E-state index contributed by atoms with van der Waals surface area (Å²) < 4.78 is 0. The van der Waals surface area contributed by atoms with Gasteiger partial charge in [0.25, 0.3) is 0 Å². The van der Waals surface area contributed by atoms with Gasteiger partial charge in [-0.3, -0.25) is 0 Å². The zero-order valence-electron chi connectivity index (χ0n) is 9.99. The van der Waals surface area contributed by atoms with E-state index < -0.39 is 0 Å². The average molecular weight is 216 g/mol. The fourth-order valence-electron chi connectivity index (χ4n) is 2.40. The Morgan fingerprint density at radius 1 is 1.12 bits per heavy atom. The Morgan fingerprint density at radius 3 is 2.75 bits per heavy atom. The largest absolute Gasteiger partial charge is 0.316 e. The molecule has 16 heavy (non-hydrogen) atoms. The van der Waals surface area contributed by atoms with Gasteiger partial charge in [0.2, 0.25) is 0 Å². The second kappa shape index (κ2) is 6.70. The minimum atomic E-state index is 0.872. The van der Waals surface area contributed by atoms with Crippen molar-refractivity contribution >= 4 is 0 Å². The van der Waals surface area contributed by atoms with E-state index in [0.29, 0.717) is 0 Å². The molecule has 0 saturated carbocycles. The first-order valence-corrected chi connectivity index (χ1v) is 6.53. The number of piperidine rings is 1. The number of hydrogen-bond donors (Lipinski definition) is 1. The molecule has 87 valence electrons. The molecule has 1 heterocycles. The third-order valence-electron chi connectivity index (χ3n) is 3.42. The van der Waals surface area contributed by atoms with E-state index in [1.54, 1.807) is 0 Å². The highest BCUT2D eigenvalue weighted by molar-refractivity contribution is 5.14. The summed E-state index contributed by atoms with van der Waals surface area (Å²) in [6.45, 7) is 2.32. The molecule has 1 aromatic rings. The molecule has 1 heteroatoms. The van der Waals surface area contributed by atoms with Gasteiger partial charge in [-0.05, 0) is 50.3 Å². The van der Waals surface area contributed by atoms with Gasteiger partial charge < -0.3 is 5.32 Å². The van der Waals surface area contributed by atoms with Crippen molar-refractivity contribution in [1.29, 1.82) is 0 Å². The Hall–Kier alpha value is -0.820. The highest BCUT2D eigenvalue weighted by Gasteiger charge is 2.12. The number of rotatable bonds is 5. The second-order valence-electron chi connectivity index (χ2n) is 4.72. The summed E-state index contributed by atoms with van der Waals surface area (Å²) in [5.74, 6) is 0.872. The minimum absolute atomic E-state index is 0.872. The molecule has 1 aromatic carbocycles. The Balaban J connectivity index is 1.58. The molecule has 1 unspecified atom stereocenters. The smallest absolute Gasteiger partial charge is 0.00146 e. The van der Waals surface area contributed by atoms with Crippen molar-refractivity contribution in [2.24, 2.45) is 5.92 Å². The monoisotopic (exact) mass is 216 g/mol. The molecule has 1 radical (unpaired) electrons. The Morgan fingerprint density at radius 2 is 2.00 bits per heavy atom. The van der Waals surface area contributed by atoms with Gasteiger partial charge in [0.1, 0.15) is 0 Å². The highest BCUT2D eigenvalue weighted by Crippen LogP contribution is 2.18. The van der Waals surface area contributed by atoms with Gasteiger partial charge in [-0.1, -0.05) is 43.2 Å². The molecule has 0 aliphatic carbocycles. The fraction of sp³-hybridized carbons (Fsp3) is 0.533. The van der Waals surface area contributed by atoms with Gasteiger partial charge in [-0.25, -0.2) is 0 Å². The van der Waals surface area contributed by atoms with Gasteiger partial charge in [-0.2, -0.15) is 0 Å². The molecule has 1 aliphatic rings. The van der Waals surface area contributed by atoms with E-state index in [1.165, 1.54) is 44.2 Å². The van der Waals surface area contributed by atoms with E-state index in [-0.39, 0.29) is 0 Å². The van der Waals surface area contributed by atoms with E-state index in [1.807, 2.05) is 0 Å². The molecular weight excluding hydrogens is 194 g/mol. The number of unbranched alkanes of at least 4 members (excludes halogenated alkanes) is 1. The van der Waals surface area contributed by atoms with Crippen LogP contribution in [0.25, 0.3) is 0 Å². The van der Waals surface area contributed by atoms with Crippen molar-refractivity contribution in [2.45, 2.75) is 32.1 Å². The van der Waals surface area contributed by atoms with E-state index in [2.05, 4.69) is 42.1 Å². The molecule has 0 aromatic heterocycles. The zero-order chi connectivity index (χ0) is 11.1. The summed E-state index contributed by atoms with van der Waals surface area (Å²) in [5.41, 5.74) is 1.48. The third-order valence-corrected chi connectivity index (χ3v) is 3.42. The predicted molar refractivity (Wildman–Crippen MR) is 69.3 cm³/mol. The topological polar surface area (TPSA) is 12.0 Å². The quantitative estimate of drug-likeness (QED) is 0.745. The molecule has 1 atom stereocenters. The Bertz CT molecular complexity index is 275. The van der Waals surface area contributed by atoms with Crippen LogP contribution in [0.4, 0.5) is 0 Å². The maximum atomic E-state index is 3.38. The normalized spacial score (nSPS) is 17.5. The first-order valence-electron chi connectivity index (χ1n) is 6.53. The van der Waals surface area contributed by atoms with Crippen LogP contribution in [0.15, 0.2) is 30.3 Å². The Kier molecular flexibility index (Phi) is 4.88. The summed E-state index contributed by atoms with van der Waals surface area (Å²) in [6, 6.07) is 10.8. The van der Waals surface area contributed by atoms with Gasteiger partial charge in [0.15, 0.2) is 0 Å². The first-order chi connectivity index (χ1) is 7.95. The van der Waals surface area contributed by atoms with E-state index in [9.17, 15) is 0 Å². The standard InChI is InChI=1S/C15H22N/c1-2-6-14(7-3-1)8-4-5-9-15-10-12-16-13-11-15/h1-3,6-7,10,15-16H,4-5,8-9,11-13H2. The molecule has 1 aliphatic heterocycles. The number of nitrogens with one attached hydrogen (secondary N) is 1. The van der Waals surface area contributed by atoms with Crippen LogP contribution in [0, 0.1) is 12.3 Å². The van der Waals surface area contributed by atoms with Crippen LogP contribution >= 0.6 is 0 Å². The van der Waals surface area contributed by atoms with Crippen LogP contribution in [0.2, 0.25) is 0 Å². The van der Waals surface area contributed by atoms with Crippen LogP contribution in [0.1, 0.15) is 31.2 Å². The number of hydrogen-bond acceptors (Lipinski definition) is 1. The molecule has 0 bridgehead atoms. The first kappa shape index (κ1) is 11.7. The summed E-state index contributed by atoms with van der Waals surface area (Å²) in [5, 5.41) is 3.38. The lowest BCUT2D eigenvalue weighted by atomic mass is 9.92. The lowest BCUT2D eigenvalue weighted by molar-refractivity contribution is 0.419. The fourth-order valence-corrected chi connectivity index (χ4v) is 2.40. The summed E-state index contributed by atoms with van der Waals surface area (Å²) in [7, 11) is 0. The van der Waals surface area contributed by atoms with Crippen LogP contribution < -0.4 is 5.32 Å². The molecular formula is C15H22N. The molecule has 2 rings (SSSR count). The van der Waals surface area contributed by atoms with Crippen molar-refractivity contribution in [2.75, 3.05) is 13.1 Å². The summed E-state index contributed by atoms with van der Waals surface area (Å²) in [4.78, 5) is 0. The lowest BCUT2D eigenvalue weighted by Gasteiger charge is -2.21. The van der Waals surface area contributed by atoms with Gasteiger partial charge in [0, 0.05) is 0 Å². The average Bonchev–Trinajstić information content (AvgIpc) is 2.37. The molecule has 1 saturated heterocycles. The second-order valence-corrected chi connectivity index (χ2v) is 4.72. The number of benzene rings is 1. The van der Waals surface area contributed by atoms with Crippen molar-refractivity contribution in [3.63, 3.8) is 0 Å². The minimum Gasteiger partial charge on any atom is -0.316 e. The van der Waals surface area contributed by atoms with Crippen LogP contribution in [-0.2, 0) is 6.42 Å². The van der Waals surface area contributed by atoms with Crippen LogP contribution in [0.5, 0.6) is 0 Å². The van der Waals surface area contributed by atoms with E-state index in [0.717, 1.165) is 12.5 Å². The zero-order valence-corrected chi connectivity index (χ0v) is 9.99. The van der Waals surface area contributed by atoms with Crippen LogP contribution in [-0.4, -0.2) is 13.1 Å². The van der Waals surface area contributed by atoms with Gasteiger partial charge in [-0.15, -0.1) is 0 Å². The third kappa shape index (κ3) is 3.97. The highest BCUT2D eigenvalue weighted by atomic mass is 14.9. The SMILES string of the molecule is [CH]1CNCCC1CCCCc1ccccc1. The van der Waals surface area contributed by atoms with Crippen molar-refractivity contribution in [1.82, 2.24) is 5.32 Å². The van der Waals surface area contributed by atoms with E-state index in [4.69, 9.17) is 0 Å². The molecule has 1 nitrogen and oxygen atoms in total. The molecule has 1 fully saturated rings. The summed E-state index contributed by atoms with van der Waals surface area (Å²) in [6.07, 6.45) is 9.12. The maximum absolute atomic E-state index is 3.38. The van der Waals surface area contributed by atoms with Gasteiger partial charge >= 0.3 is 0 Å². The molecule has 0 amide bonds. The number of aryl methyl sites for hydroxylation is 1. The maximum Gasteiger partial charge on any atom is -0.00146 e. The predicted octanol–water partition coefficient (Wildman–Crippen LogP) is 3.21. The van der Waals surface area contributed by atoms with E-state index >= 15 is 0 Å². The summed E-state index contributed by atoms with van der Waals surface area (Å²) >= 11 is 0.